The fourth-order valence-electron chi connectivity index (χ4n) is 2.92. The van der Waals surface area contributed by atoms with Gasteiger partial charge < -0.3 is 9.32 Å². The minimum Gasteiger partial charge on any atom is -0.421 e. The number of fused-ring (bicyclic) bond motifs is 1. The van der Waals surface area contributed by atoms with E-state index in [1.165, 1.54) is 4.68 Å². The van der Waals surface area contributed by atoms with Crippen molar-refractivity contribution in [2.45, 2.75) is 20.8 Å². The highest BCUT2D eigenvalue weighted by Crippen LogP contribution is 2.23. The van der Waals surface area contributed by atoms with Crippen molar-refractivity contribution in [2.75, 3.05) is 18.0 Å². The molecule has 1 aromatic carbocycles. The average Bonchev–Trinajstić information content (AvgIpc) is 3.13. The predicted octanol–water partition coefficient (Wildman–Crippen LogP) is 3.81. The number of allylic oxidation sites excluding steroid dienone is 3. The fourth-order valence-corrected chi connectivity index (χ4v) is 2.92. The second-order valence-electron chi connectivity index (χ2n) is 5.81. The van der Waals surface area contributed by atoms with Crippen LogP contribution in [0.15, 0.2) is 58.4 Å². The number of anilines is 1. The molecule has 3 aromatic rings. The van der Waals surface area contributed by atoms with Gasteiger partial charge >= 0.3 is 5.63 Å². The Morgan fingerprint density at radius 1 is 1.31 bits per heavy atom. The molecule has 0 saturated carbocycles. The van der Waals surface area contributed by atoms with E-state index in [0.717, 1.165) is 29.7 Å². The Kier molecular flexibility index (Phi) is 5.02. The van der Waals surface area contributed by atoms with Crippen molar-refractivity contribution in [3.63, 3.8) is 0 Å². The van der Waals surface area contributed by atoms with Gasteiger partial charge in [0.25, 0.3) is 0 Å². The van der Waals surface area contributed by atoms with E-state index in [1.54, 1.807) is 18.3 Å². The first-order valence-corrected chi connectivity index (χ1v) is 8.66. The standard InChI is InChI=1S/C20H22N4O2/c1-5-14(6-2)17-13-24(22-21-17)18-11-15-9-10-16(23(7-3)8-4)12-19(15)26-20(18)25/h5-6,9-13H,1,7-8H2,2-4H3/b14-6+. The first kappa shape index (κ1) is 17.7. The lowest BCUT2D eigenvalue weighted by Gasteiger charge is -2.20. The molecule has 0 amide bonds. The first-order chi connectivity index (χ1) is 12.6. The summed E-state index contributed by atoms with van der Waals surface area (Å²) in [7, 11) is 0. The molecule has 0 saturated heterocycles. The molecule has 0 aliphatic carbocycles. The zero-order valence-corrected chi connectivity index (χ0v) is 15.3. The maximum absolute atomic E-state index is 12.5. The summed E-state index contributed by atoms with van der Waals surface area (Å²) in [6, 6.07) is 7.65. The van der Waals surface area contributed by atoms with Crippen LogP contribution in [-0.2, 0) is 0 Å². The molecule has 6 heteroatoms. The third-order valence-corrected chi connectivity index (χ3v) is 4.40. The smallest absolute Gasteiger partial charge is 0.362 e. The van der Waals surface area contributed by atoms with Crippen LogP contribution in [0.5, 0.6) is 0 Å². The number of aromatic nitrogens is 3. The molecule has 0 aliphatic rings. The fraction of sp³-hybridized carbons (Fsp3) is 0.250. The summed E-state index contributed by atoms with van der Waals surface area (Å²) in [6.45, 7) is 11.6. The summed E-state index contributed by atoms with van der Waals surface area (Å²) in [5.74, 6) is 0. The van der Waals surface area contributed by atoms with E-state index < -0.39 is 5.63 Å². The minimum absolute atomic E-state index is 0.325. The Hall–Kier alpha value is -3.15. The van der Waals surface area contributed by atoms with E-state index in [1.807, 2.05) is 31.2 Å². The Bertz CT molecular complexity index is 1030. The summed E-state index contributed by atoms with van der Waals surface area (Å²) >= 11 is 0. The summed E-state index contributed by atoms with van der Waals surface area (Å²) in [6.07, 6.45) is 5.28. The zero-order valence-electron chi connectivity index (χ0n) is 15.3. The molecular formula is C20H22N4O2. The minimum atomic E-state index is -0.453. The molecule has 26 heavy (non-hydrogen) atoms. The van der Waals surface area contributed by atoms with Crippen molar-refractivity contribution in [1.29, 1.82) is 0 Å². The predicted molar refractivity (Wildman–Crippen MR) is 105 cm³/mol. The third kappa shape index (κ3) is 3.18. The number of hydrogen-bond acceptors (Lipinski definition) is 5. The van der Waals surface area contributed by atoms with Crippen molar-refractivity contribution < 1.29 is 4.42 Å². The molecule has 134 valence electrons. The van der Waals surface area contributed by atoms with Crippen molar-refractivity contribution in [3.05, 3.63) is 65.3 Å². The lowest BCUT2D eigenvalue weighted by Crippen LogP contribution is -2.21. The van der Waals surface area contributed by atoms with E-state index in [-0.39, 0.29) is 0 Å². The molecule has 0 fully saturated rings. The zero-order chi connectivity index (χ0) is 18.7. The lowest BCUT2D eigenvalue weighted by atomic mass is 10.2. The van der Waals surface area contributed by atoms with Gasteiger partial charge in [-0.1, -0.05) is 23.9 Å². The van der Waals surface area contributed by atoms with Crippen LogP contribution in [0.1, 0.15) is 26.5 Å². The van der Waals surface area contributed by atoms with Gasteiger partial charge in [-0.05, 0) is 44.5 Å². The van der Waals surface area contributed by atoms with Gasteiger partial charge in [0.05, 0.1) is 6.20 Å². The normalized spacial score (nSPS) is 11.7. The summed E-state index contributed by atoms with van der Waals surface area (Å²) in [5.41, 5.74) is 2.97. The second-order valence-corrected chi connectivity index (χ2v) is 5.81. The number of rotatable bonds is 6. The van der Waals surface area contributed by atoms with Crippen LogP contribution in [0.4, 0.5) is 5.69 Å². The molecule has 0 N–H and O–H groups in total. The molecule has 2 heterocycles. The van der Waals surface area contributed by atoms with Crippen LogP contribution in [0.3, 0.4) is 0 Å². The van der Waals surface area contributed by atoms with Crippen LogP contribution >= 0.6 is 0 Å². The summed E-state index contributed by atoms with van der Waals surface area (Å²) in [5, 5.41) is 8.99. The quantitative estimate of drug-likeness (QED) is 0.500. The Labute approximate surface area is 152 Å². The Balaban J connectivity index is 2.06. The molecular weight excluding hydrogens is 328 g/mol. The van der Waals surface area contributed by atoms with E-state index in [2.05, 4.69) is 35.6 Å². The van der Waals surface area contributed by atoms with Gasteiger partial charge in [0.2, 0.25) is 0 Å². The molecule has 0 atom stereocenters. The van der Waals surface area contributed by atoms with Crippen molar-refractivity contribution >= 4 is 22.2 Å². The highest BCUT2D eigenvalue weighted by atomic mass is 16.4. The SMILES string of the molecule is C=C/C(=C\C)c1cn(-c2cc3ccc(N(CC)CC)cc3oc2=O)nn1. The average molecular weight is 350 g/mol. The molecule has 0 spiro atoms. The van der Waals surface area contributed by atoms with Gasteiger partial charge in [0.1, 0.15) is 11.3 Å². The molecule has 2 aromatic heterocycles. The third-order valence-electron chi connectivity index (χ3n) is 4.40. The maximum atomic E-state index is 12.5. The number of hydrogen-bond donors (Lipinski definition) is 0. The molecule has 0 aliphatic heterocycles. The summed E-state index contributed by atoms with van der Waals surface area (Å²) in [4.78, 5) is 14.7. The van der Waals surface area contributed by atoms with Gasteiger partial charge in [-0.3, -0.25) is 0 Å². The van der Waals surface area contributed by atoms with Crippen molar-refractivity contribution in [3.8, 4) is 5.69 Å². The van der Waals surface area contributed by atoms with Gasteiger partial charge in [0.15, 0.2) is 5.69 Å². The molecule has 3 rings (SSSR count). The van der Waals surface area contributed by atoms with Crippen LogP contribution in [0, 0.1) is 0 Å². The lowest BCUT2D eigenvalue weighted by molar-refractivity contribution is 0.550. The van der Waals surface area contributed by atoms with E-state index in [9.17, 15) is 4.79 Å². The first-order valence-electron chi connectivity index (χ1n) is 8.66. The van der Waals surface area contributed by atoms with Gasteiger partial charge in [-0.15, -0.1) is 5.10 Å². The maximum Gasteiger partial charge on any atom is 0.362 e. The number of nitrogens with zero attached hydrogens (tertiary/aromatic N) is 4. The van der Waals surface area contributed by atoms with Crippen molar-refractivity contribution in [1.82, 2.24) is 15.0 Å². The van der Waals surface area contributed by atoms with Crippen LogP contribution < -0.4 is 10.5 Å². The largest absolute Gasteiger partial charge is 0.421 e. The highest BCUT2D eigenvalue weighted by molar-refractivity contribution is 5.82. The number of benzene rings is 1. The van der Waals surface area contributed by atoms with Crippen LogP contribution in [-0.4, -0.2) is 28.1 Å². The van der Waals surface area contributed by atoms with Crippen LogP contribution in [0.25, 0.3) is 22.2 Å². The second kappa shape index (κ2) is 7.39. The molecule has 6 nitrogen and oxygen atoms in total. The Morgan fingerprint density at radius 2 is 2.08 bits per heavy atom. The molecule has 0 bridgehead atoms. The molecule has 0 unspecified atom stereocenters. The van der Waals surface area contributed by atoms with Gasteiger partial charge in [0, 0.05) is 30.2 Å². The van der Waals surface area contributed by atoms with Gasteiger partial charge in [-0.25, -0.2) is 9.48 Å². The highest BCUT2D eigenvalue weighted by Gasteiger charge is 2.12. The van der Waals surface area contributed by atoms with Gasteiger partial charge in [-0.2, -0.15) is 0 Å². The van der Waals surface area contributed by atoms with Crippen molar-refractivity contribution in [2.24, 2.45) is 0 Å². The monoisotopic (exact) mass is 350 g/mol. The Morgan fingerprint density at radius 3 is 2.73 bits per heavy atom. The molecule has 0 radical (unpaired) electrons. The van der Waals surface area contributed by atoms with E-state index in [4.69, 9.17) is 4.42 Å². The van der Waals surface area contributed by atoms with Crippen LogP contribution in [0.2, 0.25) is 0 Å². The van der Waals surface area contributed by atoms with E-state index in [0.29, 0.717) is 17.0 Å². The summed E-state index contributed by atoms with van der Waals surface area (Å²) < 4.78 is 6.98. The van der Waals surface area contributed by atoms with E-state index >= 15 is 0 Å². The topological polar surface area (TPSA) is 64.2 Å².